The van der Waals surface area contributed by atoms with Gasteiger partial charge in [0.2, 0.25) is 5.91 Å². The maximum Gasteiger partial charge on any atom is 0.267 e. The molecule has 2 heterocycles. The van der Waals surface area contributed by atoms with E-state index in [1.807, 2.05) is 42.6 Å². The highest BCUT2D eigenvalue weighted by atomic mass is 19.1. The molecular formula is C22H21FN6O2. The SMILES string of the molecule is NC(=O)C1CC(C(=O)NCCc2ccn(-c3ccccc3)n2)=NN1c1ccc(F)cc1. The third-order valence-corrected chi connectivity index (χ3v) is 4.92. The first-order valence-electron chi connectivity index (χ1n) is 9.81. The van der Waals surface area contributed by atoms with Crippen LogP contribution in [0.1, 0.15) is 12.1 Å². The number of halogens is 1. The van der Waals surface area contributed by atoms with Crippen molar-refractivity contribution < 1.29 is 14.0 Å². The zero-order valence-corrected chi connectivity index (χ0v) is 16.6. The lowest BCUT2D eigenvalue weighted by atomic mass is 10.1. The predicted molar refractivity (Wildman–Crippen MR) is 114 cm³/mol. The summed E-state index contributed by atoms with van der Waals surface area (Å²) in [5.41, 5.74) is 7.95. The minimum Gasteiger partial charge on any atom is -0.368 e. The van der Waals surface area contributed by atoms with Gasteiger partial charge in [-0.05, 0) is 42.5 Å². The van der Waals surface area contributed by atoms with Crippen molar-refractivity contribution in [1.29, 1.82) is 0 Å². The smallest absolute Gasteiger partial charge is 0.267 e. The number of amides is 2. The standard InChI is InChI=1S/C22H21FN6O2/c23-15-6-8-18(9-7-15)29-20(21(24)30)14-19(27-29)22(31)25-12-10-16-11-13-28(26-16)17-4-2-1-3-5-17/h1-9,11,13,20H,10,12,14H2,(H2,24,30)(H,25,31). The molecule has 0 radical (unpaired) electrons. The van der Waals surface area contributed by atoms with E-state index in [-0.39, 0.29) is 18.0 Å². The summed E-state index contributed by atoms with van der Waals surface area (Å²) in [4.78, 5) is 24.4. The Hall–Kier alpha value is -4.01. The van der Waals surface area contributed by atoms with Crippen LogP contribution in [-0.2, 0) is 16.0 Å². The molecule has 0 bridgehead atoms. The highest BCUT2D eigenvalue weighted by Gasteiger charge is 2.34. The molecule has 1 aromatic heterocycles. The van der Waals surface area contributed by atoms with Gasteiger partial charge >= 0.3 is 0 Å². The monoisotopic (exact) mass is 420 g/mol. The normalized spacial score (nSPS) is 15.6. The number of benzene rings is 2. The Balaban J connectivity index is 1.37. The Bertz CT molecular complexity index is 1110. The van der Waals surface area contributed by atoms with E-state index in [1.165, 1.54) is 29.3 Å². The lowest BCUT2D eigenvalue weighted by Crippen LogP contribution is -2.40. The van der Waals surface area contributed by atoms with E-state index in [0.717, 1.165) is 11.4 Å². The number of para-hydroxylation sites is 1. The van der Waals surface area contributed by atoms with Crippen LogP contribution < -0.4 is 16.1 Å². The maximum absolute atomic E-state index is 13.2. The molecule has 2 aromatic carbocycles. The van der Waals surface area contributed by atoms with E-state index in [2.05, 4.69) is 15.5 Å². The summed E-state index contributed by atoms with van der Waals surface area (Å²) in [5, 5.41) is 12.9. The lowest BCUT2D eigenvalue weighted by Gasteiger charge is -2.20. The third kappa shape index (κ3) is 4.61. The van der Waals surface area contributed by atoms with Gasteiger partial charge < -0.3 is 11.1 Å². The number of nitrogens with one attached hydrogen (secondary N) is 1. The minimum atomic E-state index is -0.798. The first kappa shape index (κ1) is 20.3. The number of hydrogen-bond donors (Lipinski definition) is 2. The molecule has 0 saturated carbocycles. The fourth-order valence-electron chi connectivity index (χ4n) is 3.33. The minimum absolute atomic E-state index is 0.0845. The van der Waals surface area contributed by atoms with Crippen LogP contribution in [0.25, 0.3) is 5.69 Å². The van der Waals surface area contributed by atoms with Crippen molar-refractivity contribution in [2.45, 2.75) is 18.9 Å². The van der Waals surface area contributed by atoms with Crippen LogP contribution in [0.5, 0.6) is 0 Å². The van der Waals surface area contributed by atoms with Crippen LogP contribution in [-0.4, -0.2) is 39.9 Å². The zero-order chi connectivity index (χ0) is 21.8. The van der Waals surface area contributed by atoms with E-state index in [0.29, 0.717) is 18.7 Å². The fourth-order valence-corrected chi connectivity index (χ4v) is 3.33. The van der Waals surface area contributed by atoms with Crippen LogP contribution in [0.4, 0.5) is 10.1 Å². The van der Waals surface area contributed by atoms with Gasteiger partial charge in [-0.3, -0.25) is 14.6 Å². The van der Waals surface area contributed by atoms with Gasteiger partial charge in [0.15, 0.2) is 0 Å². The number of carbonyl (C=O) groups excluding carboxylic acids is 2. The van der Waals surface area contributed by atoms with Crippen molar-refractivity contribution in [3.63, 3.8) is 0 Å². The Kier molecular flexibility index (Phi) is 5.74. The molecule has 31 heavy (non-hydrogen) atoms. The van der Waals surface area contributed by atoms with E-state index in [1.54, 1.807) is 4.68 Å². The number of primary amides is 1. The zero-order valence-electron chi connectivity index (χ0n) is 16.6. The molecule has 0 saturated heterocycles. The first-order chi connectivity index (χ1) is 15.0. The molecule has 0 aliphatic carbocycles. The summed E-state index contributed by atoms with van der Waals surface area (Å²) < 4.78 is 15.0. The van der Waals surface area contributed by atoms with E-state index < -0.39 is 17.8 Å². The molecule has 2 amide bonds. The average Bonchev–Trinajstić information content (AvgIpc) is 3.43. The summed E-state index contributed by atoms with van der Waals surface area (Å²) in [7, 11) is 0. The molecule has 0 fully saturated rings. The van der Waals surface area contributed by atoms with Gasteiger partial charge in [-0.1, -0.05) is 18.2 Å². The third-order valence-electron chi connectivity index (χ3n) is 4.92. The molecule has 1 unspecified atom stereocenters. The molecule has 3 N–H and O–H groups in total. The highest BCUT2D eigenvalue weighted by molar-refractivity contribution is 6.40. The number of rotatable bonds is 7. The lowest BCUT2D eigenvalue weighted by molar-refractivity contribution is -0.119. The maximum atomic E-state index is 13.2. The summed E-state index contributed by atoms with van der Waals surface area (Å²) in [5.74, 6) is -1.39. The van der Waals surface area contributed by atoms with Crippen molar-refractivity contribution in [3.8, 4) is 5.69 Å². The fraction of sp³-hybridized carbons (Fsp3) is 0.182. The molecule has 1 aliphatic rings. The second-order valence-corrected chi connectivity index (χ2v) is 7.08. The quantitative estimate of drug-likeness (QED) is 0.608. The van der Waals surface area contributed by atoms with E-state index in [9.17, 15) is 14.0 Å². The largest absolute Gasteiger partial charge is 0.368 e. The van der Waals surface area contributed by atoms with E-state index in [4.69, 9.17) is 5.73 Å². The highest BCUT2D eigenvalue weighted by Crippen LogP contribution is 2.24. The van der Waals surface area contributed by atoms with Crippen molar-refractivity contribution in [2.24, 2.45) is 10.8 Å². The molecule has 0 spiro atoms. The van der Waals surface area contributed by atoms with E-state index >= 15 is 0 Å². The predicted octanol–water partition coefficient (Wildman–Crippen LogP) is 1.79. The van der Waals surface area contributed by atoms with Gasteiger partial charge in [0.25, 0.3) is 5.91 Å². The molecule has 158 valence electrons. The number of hydrogen-bond acceptors (Lipinski definition) is 5. The molecule has 4 rings (SSSR count). The van der Waals surface area contributed by atoms with Crippen LogP contribution in [0, 0.1) is 5.82 Å². The van der Waals surface area contributed by atoms with Crippen LogP contribution in [0.3, 0.4) is 0 Å². The average molecular weight is 420 g/mol. The summed E-state index contributed by atoms with van der Waals surface area (Å²) >= 11 is 0. The van der Waals surface area contributed by atoms with Crippen LogP contribution >= 0.6 is 0 Å². The number of hydrazone groups is 1. The van der Waals surface area contributed by atoms with Gasteiger partial charge in [-0.2, -0.15) is 10.2 Å². The Labute approximate surface area is 178 Å². The number of aromatic nitrogens is 2. The number of anilines is 1. The van der Waals surface area contributed by atoms with Gasteiger partial charge in [-0.15, -0.1) is 0 Å². The van der Waals surface area contributed by atoms with Crippen LogP contribution in [0.2, 0.25) is 0 Å². The molecule has 1 atom stereocenters. The van der Waals surface area contributed by atoms with Crippen molar-refractivity contribution >= 4 is 23.2 Å². The number of nitrogens with zero attached hydrogens (tertiary/aromatic N) is 4. The topological polar surface area (TPSA) is 106 Å². The van der Waals surface area contributed by atoms with Crippen molar-refractivity contribution in [3.05, 3.63) is 78.4 Å². The molecule has 8 nitrogen and oxygen atoms in total. The second kappa shape index (κ2) is 8.78. The Morgan fingerprint density at radius 2 is 1.81 bits per heavy atom. The molecular weight excluding hydrogens is 399 g/mol. The number of carbonyl (C=O) groups is 2. The molecule has 3 aromatic rings. The Morgan fingerprint density at radius 1 is 1.06 bits per heavy atom. The van der Waals surface area contributed by atoms with Gasteiger partial charge in [-0.25, -0.2) is 9.07 Å². The summed E-state index contributed by atoms with van der Waals surface area (Å²) in [6.07, 6.45) is 2.49. The second-order valence-electron chi connectivity index (χ2n) is 7.08. The Morgan fingerprint density at radius 3 is 2.52 bits per heavy atom. The van der Waals surface area contributed by atoms with Gasteiger partial charge in [0, 0.05) is 25.6 Å². The van der Waals surface area contributed by atoms with Gasteiger partial charge in [0.05, 0.1) is 17.1 Å². The molecule has 1 aliphatic heterocycles. The first-order valence-corrected chi connectivity index (χ1v) is 9.81. The van der Waals surface area contributed by atoms with Crippen molar-refractivity contribution in [1.82, 2.24) is 15.1 Å². The van der Waals surface area contributed by atoms with Gasteiger partial charge in [0.1, 0.15) is 17.6 Å². The summed E-state index contributed by atoms with van der Waals surface area (Å²) in [6, 6.07) is 16.3. The summed E-state index contributed by atoms with van der Waals surface area (Å²) in [6.45, 7) is 0.363. The van der Waals surface area contributed by atoms with Crippen molar-refractivity contribution in [2.75, 3.05) is 11.6 Å². The number of nitrogens with two attached hydrogens (primary N) is 1. The molecule has 9 heteroatoms. The van der Waals surface area contributed by atoms with Crippen LogP contribution in [0.15, 0.2) is 72.0 Å².